The monoisotopic (exact) mass is 362 g/mol. The average Bonchev–Trinajstić information content (AvgIpc) is 2.99. The summed E-state index contributed by atoms with van der Waals surface area (Å²) in [6.07, 6.45) is 4.72. The van der Waals surface area contributed by atoms with Gasteiger partial charge in [0.05, 0.1) is 5.41 Å². The van der Waals surface area contributed by atoms with Crippen LogP contribution in [0, 0.1) is 5.41 Å². The molecule has 0 radical (unpaired) electrons. The summed E-state index contributed by atoms with van der Waals surface area (Å²) in [5, 5.41) is 10.1. The predicted molar refractivity (Wildman–Crippen MR) is 101 cm³/mol. The molecule has 0 saturated carbocycles. The molecule has 0 bridgehead atoms. The van der Waals surface area contributed by atoms with Crippen molar-refractivity contribution in [1.29, 1.82) is 0 Å². The van der Waals surface area contributed by atoms with Gasteiger partial charge in [0.25, 0.3) is 6.47 Å². The molecule has 1 aromatic heterocycles. The molecule has 1 aromatic rings. The highest BCUT2D eigenvalue weighted by molar-refractivity contribution is 5.85. The van der Waals surface area contributed by atoms with E-state index in [1.54, 1.807) is 0 Å². The van der Waals surface area contributed by atoms with Crippen molar-refractivity contribution >= 4 is 18.2 Å². The SMILES string of the molecule is CCC1(CC)C[C@H](CN2CCN(c3ccccn3)CC2)NC1=O.O=CO. The molecular weight excluding hydrogens is 332 g/mol. The first-order chi connectivity index (χ1) is 12.6. The molecule has 0 unspecified atom stereocenters. The van der Waals surface area contributed by atoms with Crippen molar-refractivity contribution < 1.29 is 14.7 Å². The van der Waals surface area contributed by atoms with Gasteiger partial charge >= 0.3 is 0 Å². The fourth-order valence-electron chi connectivity index (χ4n) is 3.94. The number of nitrogens with zero attached hydrogens (tertiary/aromatic N) is 3. The second kappa shape index (κ2) is 9.52. The van der Waals surface area contributed by atoms with Crippen molar-refractivity contribution in [3.8, 4) is 0 Å². The third-order valence-corrected chi connectivity index (χ3v) is 5.63. The number of carbonyl (C=O) groups excluding carboxylic acids is 1. The van der Waals surface area contributed by atoms with E-state index < -0.39 is 0 Å². The minimum atomic E-state index is -0.250. The molecule has 2 aliphatic heterocycles. The van der Waals surface area contributed by atoms with Gasteiger partial charge in [0.2, 0.25) is 5.91 Å². The lowest BCUT2D eigenvalue weighted by atomic mass is 9.79. The average molecular weight is 362 g/mol. The maximum atomic E-state index is 12.3. The van der Waals surface area contributed by atoms with Crippen molar-refractivity contribution in [3.63, 3.8) is 0 Å². The molecule has 2 aliphatic rings. The number of pyridine rings is 1. The van der Waals surface area contributed by atoms with Crippen LogP contribution in [0.4, 0.5) is 5.82 Å². The molecule has 2 N–H and O–H groups in total. The highest BCUT2D eigenvalue weighted by atomic mass is 16.3. The zero-order valence-corrected chi connectivity index (χ0v) is 15.7. The van der Waals surface area contributed by atoms with Gasteiger partial charge < -0.3 is 15.3 Å². The summed E-state index contributed by atoms with van der Waals surface area (Å²) < 4.78 is 0. The summed E-state index contributed by atoms with van der Waals surface area (Å²) in [5.41, 5.74) is -0.125. The highest BCUT2D eigenvalue weighted by Gasteiger charge is 2.44. The Hall–Kier alpha value is -2.15. The Morgan fingerprint density at radius 1 is 1.27 bits per heavy atom. The number of amides is 1. The third-order valence-electron chi connectivity index (χ3n) is 5.63. The van der Waals surface area contributed by atoms with Crippen molar-refractivity contribution in [2.45, 2.75) is 39.2 Å². The Morgan fingerprint density at radius 2 is 1.92 bits per heavy atom. The summed E-state index contributed by atoms with van der Waals surface area (Å²) >= 11 is 0. The second-order valence-electron chi connectivity index (χ2n) is 6.94. The van der Waals surface area contributed by atoms with Gasteiger partial charge in [0, 0.05) is 45.0 Å². The first kappa shape index (κ1) is 20.2. The first-order valence-electron chi connectivity index (χ1n) is 9.35. The quantitative estimate of drug-likeness (QED) is 0.774. The van der Waals surface area contributed by atoms with Gasteiger partial charge in [0.1, 0.15) is 5.82 Å². The number of carboxylic acid groups (broad SMARTS) is 1. The van der Waals surface area contributed by atoms with Gasteiger partial charge in [-0.25, -0.2) is 4.98 Å². The summed E-state index contributed by atoms with van der Waals surface area (Å²) in [6, 6.07) is 6.38. The maximum Gasteiger partial charge on any atom is 0.290 e. The summed E-state index contributed by atoms with van der Waals surface area (Å²) in [6.45, 7) is 9.08. The number of rotatable bonds is 5. The summed E-state index contributed by atoms with van der Waals surface area (Å²) in [4.78, 5) is 29.9. The van der Waals surface area contributed by atoms with Crippen molar-refractivity contribution in [3.05, 3.63) is 24.4 Å². The number of aromatic nitrogens is 1. The molecule has 7 nitrogen and oxygen atoms in total. The van der Waals surface area contributed by atoms with Crippen molar-refractivity contribution in [1.82, 2.24) is 15.2 Å². The molecule has 2 fully saturated rings. The third kappa shape index (κ3) is 4.72. The Kier molecular flexibility index (Phi) is 7.38. The molecule has 26 heavy (non-hydrogen) atoms. The number of anilines is 1. The topological polar surface area (TPSA) is 85.8 Å². The molecule has 144 valence electrons. The molecular formula is C19H30N4O3. The van der Waals surface area contributed by atoms with E-state index in [9.17, 15) is 4.79 Å². The standard InChI is InChI=1S/C18H28N4O.CH2O2/c1-3-18(4-2)13-15(20-17(18)23)14-21-9-11-22(12-10-21)16-7-5-6-8-19-16;2-1-3/h5-8,15H,3-4,9-14H2,1-2H3,(H,20,23);1H,(H,2,3)/t15-;/m1./s1. The fraction of sp³-hybridized carbons (Fsp3) is 0.632. The molecule has 0 spiro atoms. The van der Waals surface area contributed by atoms with Gasteiger partial charge in [-0.3, -0.25) is 14.5 Å². The second-order valence-corrected chi connectivity index (χ2v) is 6.94. The van der Waals surface area contributed by atoms with Crippen LogP contribution in [-0.2, 0) is 9.59 Å². The van der Waals surface area contributed by atoms with Crippen LogP contribution in [0.25, 0.3) is 0 Å². The van der Waals surface area contributed by atoms with Gasteiger partial charge in [-0.2, -0.15) is 0 Å². The Morgan fingerprint density at radius 3 is 2.42 bits per heavy atom. The van der Waals surface area contributed by atoms with Gasteiger partial charge in [-0.15, -0.1) is 0 Å². The number of carbonyl (C=O) groups is 2. The van der Waals surface area contributed by atoms with E-state index in [0.29, 0.717) is 6.04 Å². The van der Waals surface area contributed by atoms with E-state index in [4.69, 9.17) is 9.90 Å². The van der Waals surface area contributed by atoms with Crippen molar-refractivity contribution in [2.24, 2.45) is 5.41 Å². The van der Waals surface area contributed by atoms with Crippen LogP contribution < -0.4 is 10.2 Å². The van der Waals surface area contributed by atoms with Crippen molar-refractivity contribution in [2.75, 3.05) is 37.6 Å². The Balaban J connectivity index is 0.000000758. The van der Waals surface area contributed by atoms with E-state index in [1.807, 2.05) is 18.3 Å². The lowest BCUT2D eigenvalue weighted by Gasteiger charge is -2.36. The van der Waals surface area contributed by atoms with Crippen LogP contribution in [0.3, 0.4) is 0 Å². The fourth-order valence-corrected chi connectivity index (χ4v) is 3.94. The largest absolute Gasteiger partial charge is 0.483 e. The number of piperazine rings is 1. The molecule has 3 heterocycles. The number of nitrogens with one attached hydrogen (secondary N) is 1. The lowest BCUT2D eigenvalue weighted by Crippen LogP contribution is -2.50. The van der Waals surface area contributed by atoms with E-state index in [2.05, 4.69) is 40.0 Å². The molecule has 0 aliphatic carbocycles. The zero-order chi connectivity index (χ0) is 19.0. The molecule has 0 aromatic carbocycles. The number of hydrogen-bond donors (Lipinski definition) is 2. The Bertz CT molecular complexity index is 569. The van der Waals surface area contributed by atoms with E-state index in [0.717, 1.165) is 57.8 Å². The van der Waals surface area contributed by atoms with E-state index in [-0.39, 0.29) is 17.8 Å². The predicted octanol–water partition coefficient (Wildman–Crippen LogP) is 1.60. The highest BCUT2D eigenvalue weighted by Crippen LogP contribution is 2.37. The minimum absolute atomic E-state index is 0.125. The first-order valence-corrected chi connectivity index (χ1v) is 9.35. The zero-order valence-electron chi connectivity index (χ0n) is 15.7. The molecule has 1 amide bonds. The molecule has 3 rings (SSSR count). The minimum Gasteiger partial charge on any atom is -0.483 e. The van der Waals surface area contributed by atoms with Crippen LogP contribution in [0.2, 0.25) is 0 Å². The van der Waals surface area contributed by atoms with Gasteiger partial charge in [0.15, 0.2) is 0 Å². The summed E-state index contributed by atoms with van der Waals surface area (Å²) in [7, 11) is 0. The van der Waals surface area contributed by atoms with E-state index >= 15 is 0 Å². The van der Waals surface area contributed by atoms with Gasteiger partial charge in [-0.05, 0) is 31.4 Å². The van der Waals surface area contributed by atoms with Crippen LogP contribution >= 0.6 is 0 Å². The smallest absolute Gasteiger partial charge is 0.290 e. The Labute approximate surface area is 155 Å². The summed E-state index contributed by atoms with van der Waals surface area (Å²) in [5.74, 6) is 1.33. The molecule has 2 saturated heterocycles. The van der Waals surface area contributed by atoms with Crippen LogP contribution in [0.15, 0.2) is 24.4 Å². The maximum absolute atomic E-state index is 12.3. The molecule has 1 atom stereocenters. The van der Waals surface area contributed by atoms with Gasteiger partial charge in [-0.1, -0.05) is 19.9 Å². The van der Waals surface area contributed by atoms with Crippen LogP contribution in [0.1, 0.15) is 33.1 Å². The van der Waals surface area contributed by atoms with Crippen LogP contribution in [-0.4, -0.2) is 66.1 Å². The lowest BCUT2D eigenvalue weighted by molar-refractivity contribution is -0.128. The number of hydrogen-bond acceptors (Lipinski definition) is 5. The molecule has 7 heteroatoms. The van der Waals surface area contributed by atoms with Crippen LogP contribution in [0.5, 0.6) is 0 Å². The normalized spacial score (nSPS) is 22.3. The van der Waals surface area contributed by atoms with E-state index in [1.165, 1.54) is 0 Å².